The Morgan fingerprint density at radius 3 is 1.94 bits per heavy atom. The molecule has 0 aliphatic heterocycles. The lowest BCUT2D eigenvalue weighted by molar-refractivity contribution is -0.595. The molecule has 0 spiro atoms. The number of rotatable bonds is 2. The Hall–Kier alpha value is -2.41. The van der Waals surface area contributed by atoms with Crippen molar-refractivity contribution in [2.45, 2.75) is 0 Å². The van der Waals surface area contributed by atoms with Gasteiger partial charge in [-0.1, -0.05) is 30.3 Å². The minimum absolute atomic E-state index is 1.15. The topological polar surface area (TPSA) is 3.88 Å². The summed E-state index contributed by atoms with van der Waals surface area (Å²) in [5.74, 6) is 0. The molecule has 3 aromatic rings. The first-order chi connectivity index (χ1) is 8.93. The molecular formula is C17H13N+. The molecule has 3 rings (SSSR count). The zero-order valence-electron chi connectivity index (χ0n) is 9.95. The maximum Gasteiger partial charge on any atom is 0.210 e. The minimum atomic E-state index is 1.15. The number of hydrogen-bond donors (Lipinski definition) is 0. The molecule has 1 heterocycles. The molecule has 1 heteroatoms. The van der Waals surface area contributed by atoms with E-state index in [9.17, 15) is 0 Å². The molecule has 0 aliphatic rings. The number of nitrogens with zero attached hydrogens (tertiary/aromatic N) is 1. The van der Waals surface area contributed by atoms with Gasteiger partial charge < -0.3 is 0 Å². The van der Waals surface area contributed by atoms with E-state index in [1.54, 1.807) is 0 Å². The maximum absolute atomic E-state index is 3.03. The van der Waals surface area contributed by atoms with Crippen molar-refractivity contribution in [1.29, 1.82) is 0 Å². The summed E-state index contributed by atoms with van der Waals surface area (Å²) in [6.07, 6.45) is 4.16. The van der Waals surface area contributed by atoms with Gasteiger partial charge in [0, 0.05) is 24.3 Å². The second-order valence-electron chi connectivity index (χ2n) is 4.12. The van der Waals surface area contributed by atoms with Crippen molar-refractivity contribution >= 4 is 0 Å². The number of aromatic nitrogens is 1. The van der Waals surface area contributed by atoms with Gasteiger partial charge in [0.25, 0.3) is 0 Å². The molecule has 0 saturated heterocycles. The summed E-state index contributed by atoms with van der Waals surface area (Å²) < 4.78 is 2.10. The summed E-state index contributed by atoms with van der Waals surface area (Å²) in [6.45, 7) is 0. The molecule has 18 heavy (non-hydrogen) atoms. The zero-order chi connectivity index (χ0) is 12.2. The van der Waals surface area contributed by atoms with Crippen LogP contribution in [-0.4, -0.2) is 0 Å². The van der Waals surface area contributed by atoms with Gasteiger partial charge in [-0.25, -0.2) is 0 Å². The van der Waals surface area contributed by atoms with Gasteiger partial charge in [0.1, 0.15) is 0 Å². The van der Waals surface area contributed by atoms with Gasteiger partial charge in [-0.05, 0) is 29.3 Å². The Morgan fingerprint density at radius 1 is 0.667 bits per heavy atom. The van der Waals surface area contributed by atoms with E-state index in [2.05, 4.69) is 59.4 Å². The SMILES string of the molecule is [c]1ccc(-[n+]2ccc(-c3ccccc3)cc2)cc1. The van der Waals surface area contributed by atoms with Crippen LogP contribution in [0.15, 0.2) is 79.1 Å². The van der Waals surface area contributed by atoms with Crippen LogP contribution in [0.2, 0.25) is 0 Å². The van der Waals surface area contributed by atoms with E-state index >= 15 is 0 Å². The van der Waals surface area contributed by atoms with E-state index < -0.39 is 0 Å². The van der Waals surface area contributed by atoms with Gasteiger partial charge in [-0.2, -0.15) is 4.57 Å². The van der Waals surface area contributed by atoms with Crippen LogP contribution in [0.25, 0.3) is 16.8 Å². The third kappa shape index (κ3) is 2.16. The molecule has 0 atom stereocenters. The highest BCUT2D eigenvalue weighted by Gasteiger charge is 2.04. The second kappa shape index (κ2) is 4.84. The summed E-state index contributed by atoms with van der Waals surface area (Å²) in [5, 5.41) is 0. The van der Waals surface area contributed by atoms with E-state index in [0.717, 1.165) is 5.69 Å². The van der Waals surface area contributed by atoms with Crippen LogP contribution in [0.4, 0.5) is 0 Å². The van der Waals surface area contributed by atoms with E-state index in [4.69, 9.17) is 0 Å². The van der Waals surface area contributed by atoms with Crippen LogP contribution in [-0.2, 0) is 0 Å². The fraction of sp³-hybridized carbons (Fsp3) is 0. The Labute approximate surface area is 107 Å². The molecule has 0 saturated carbocycles. The summed E-state index contributed by atoms with van der Waals surface area (Å²) >= 11 is 0. The fourth-order valence-corrected chi connectivity index (χ4v) is 1.97. The predicted molar refractivity (Wildman–Crippen MR) is 72.2 cm³/mol. The molecule has 0 N–H and O–H groups in total. The van der Waals surface area contributed by atoms with Gasteiger partial charge in [-0.15, -0.1) is 0 Å². The Kier molecular flexibility index (Phi) is 2.89. The van der Waals surface area contributed by atoms with Crippen LogP contribution < -0.4 is 4.57 Å². The first-order valence-corrected chi connectivity index (χ1v) is 5.97. The highest BCUT2D eigenvalue weighted by molar-refractivity contribution is 5.61. The van der Waals surface area contributed by atoms with Crippen molar-refractivity contribution in [1.82, 2.24) is 0 Å². The normalized spacial score (nSPS) is 10.2. The minimum Gasteiger partial charge on any atom is -0.167 e. The Balaban J connectivity index is 1.95. The monoisotopic (exact) mass is 231 g/mol. The molecule has 0 fully saturated rings. The van der Waals surface area contributed by atoms with Crippen LogP contribution in [0.5, 0.6) is 0 Å². The lowest BCUT2D eigenvalue weighted by atomic mass is 10.1. The third-order valence-corrected chi connectivity index (χ3v) is 2.94. The third-order valence-electron chi connectivity index (χ3n) is 2.94. The summed E-state index contributed by atoms with van der Waals surface area (Å²) in [5.41, 5.74) is 3.62. The van der Waals surface area contributed by atoms with Crippen LogP contribution in [0, 0.1) is 6.07 Å². The molecule has 0 unspecified atom stereocenters. The van der Waals surface area contributed by atoms with E-state index in [0.29, 0.717) is 0 Å². The van der Waals surface area contributed by atoms with Crippen molar-refractivity contribution in [3.05, 3.63) is 85.2 Å². The standard InChI is InChI=1S/C17H13N/c1-3-7-15(8-4-1)16-11-13-18(14-12-16)17-9-5-2-6-10-17/h1,3-14H/q+1. The molecule has 0 aliphatic carbocycles. The van der Waals surface area contributed by atoms with E-state index in [1.165, 1.54) is 11.1 Å². The largest absolute Gasteiger partial charge is 0.210 e. The van der Waals surface area contributed by atoms with E-state index in [-0.39, 0.29) is 0 Å². The van der Waals surface area contributed by atoms with E-state index in [1.807, 2.05) is 30.3 Å². The number of hydrogen-bond acceptors (Lipinski definition) is 0. The van der Waals surface area contributed by atoms with Crippen LogP contribution in [0.1, 0.15) is 0 Å². The van der Waals surface area contributed by atoms with Crippen LogP contribution in [0.3, 0.4) is 0 Å². The molecule has 0 amide bonds. The average Bonchev–Trinajstić information content (AvgIpc) is 2.49. The number of benzene rings is 2. The number of pyridine rings is 1. The first kappa shape index (κ1) is 10.7. The maximum atomic E-state index is 3.03. The molecule has 1 aromatic heterocycles. The summed E-state index contributed by atoms with van der Waals surface area (Å²) in [7, 11) is 0. The van der Waals surface area contributed by atoms with Crippen molar-refractivity contribution in [2.24, 2.45) is 0 Å². The fourth-order valence-electron chi connectivity index (χ4n) is 1.97. The Bertz CT molecular complexity index is 554. The lowest BCUT2D eigenvalue weighted by Gasteiger charge is -2.00. The second-order valence-corrected chi connectivity index (χ2v) is 4.12. The predicted octanol–water partition coefficient (Wildman–Crippen LogP) is 3.43. The van der Waals surface area contributed by atoms with Gasteiger partial charge in [-0.3, -0.25) is 0 Å². The van der Waals surface area contributed by atoms with Gasteiger partial charge >= 0.3 is 0 Å². The molecule has 1 nitrogen and oxygen atoms in total. The molecule has 85 valence electrons. The quantitative estimate of drug-likeness (QED) is 0.595. The van der Waals surface area contributed by atoms with Crippen molar-refractivity contribution in [3.63, 3.8) is 0 Å². The molecular weight excluding hydrogens is 218 g/mol. The average molecular weight is 231 g/mol. The molecule has 1 radical (unpaired) electrons. The zero-order valence-corrected chi connectivity index (χ0v) is 9.95. The summed E-state index contributed by atoms with van der Waals surface area (Å²) in [4.78, 5) is 0. The molecule has 0 bridgehead atoms. The first-order valence-electron chi connectivity index (χ1n) is 5.97. The van der Waals surface area contributed by atoms with Gasteiger partial charge in [0.15, 0.2) is 12.4 Å². The highest BCUT2D eigenvalue weighted by Crippen LogP contribution is 2.16. The summed E-state index contributed by atoms with van der Waals surface area (Å²) in [6, 6.07) is 25.6. The van der Waals surface area contributed by atoms with Crippen molar-refractivity contribution < 1.29 is 4.57 Å². The van der Waals surface area contributed by atoms with Crippen molar-refractivity contribution in [2.75, 3.05) is 0 Å². The molecule has 2 aromatic carbocycles. The Morgan fingerprint density at radius 2 is 1.28 bits per heavy atom. The van der Waals surface area contributed by atoms with Crippen LogP contribution >= 0.6 is 0 Å². The highest BCUT2D eigenvalue weighted by atomic mass is 14.9. The van der Waals surface area contributed by atoms with Crippen molar-refractivity contribution in [3.8, 4) is 16.8 Å². The van der Waals surface area contributed by atoms with Gasteiger partial charge in [0.2, 0.25) is 5.69 Å². The lowest BCUT2D eigenvalue weighted by Crippen LogP contribution is -2.28. The smallest absolute Gasteiger partial charge is 0.167 e. The van der Waals surface area contributed by atoms with Gasteiger partial charge in [0.05, 0.1) is 0 Å².